The molecule has 1 aliphatic carbocycles. The molecule has 0 aliphatic heterocycles. The van der Waals surface area contributed by atoms with Crippen LogP contribution in [0.15, 0.2) is 22.7 Å². The van der Waals surface area contributed by atoms with E-state index < -0.39 is 0 Å². The van der Waals surface area contributed by atoms with Gasteiger partial charge in [0.2, 0.25) is 0 Å². The predicted octanol–water partition coefficient (Wildman–Crippen LogP) is 2.99. The van der Waals surface area contributed by atoms with Crippen molar-refractivity contribution in [2.24, 2.45) is 11.7 Å². The standard InChI is InChI=1S/C15H19BrN4O.ClH/c16-10-5-6-13-11(7-10)14(20-19-13)15(21)18-12-4-2-1-3-9(12)8-17;/h5-7,9,12H,1-4,8,17H2,(H,18,21)(H,19,20);1H. The van der Waals surface area contributed by atoms with E-state index in [9.17, 15) is 4.79 Å². The van der Waals surface area contributed by atoms with Gasteiger partial charge in [-0.3, -0.25) is 9.89 Å². The number of nitrogens with two attached hydrogens (primary N) is 1. The zero-order valence-electron chi connectivity index (χ0n) is 12.1. The van der Waals surface area contributed by atoms with Gasteiger partial charge in [-0.2, -0.15) is 5.10 Å². The minimum absolute atomic E-state index is 0. The molecule has 1 aromatic carbocycles. The second-order valence-electron chi connectivity index (χ2n) is 5.62. The van der Waals surface area contributed by atoms with Gasteiger partial charge in [-0.1, -0.05) is 28.8 Å². The lowest BCUT2D eigenvalue weighted by Gasteiger charge is -2.31. The monoisotopic (exact) mass is 386 g/mol. The number of amides is 1. The van der Waals surface area contributed by atoms with Crippen LogP contribution < -0.4 is 11.1 Å². The van der Waals surface area contributed by atoms with Gasteiger partial charge < -0.3 is 11.1 Å². The van der Waals surface area contributed by atoms with E-state index in [1.54, 1.807) is 0 Å². The van der Waals surface area contributed by atoms with Gasteiger partial charge in [0.05, 0.1) is 5.52 Å². The lowest BCUT2D eigenvalue weighted by Crippen LogP contribution is -2.44. The Morgan fingerprint density at radius 3 is 2.95 bits per heavy atom. The molecule has 7 heteroatoms. The number of fused-ring (bicyclic) bond motifs is 1. The molecule has 120 valence electrons. The number of carbonyl (C=O) groups excluding carboxylic acids is 1. The Morgan fingerprint density at radius 2 is 2.18 bits per heavy atom. The number of carbonyl (C=O) groups is 1. The second kappa shape index (κ2) is 7.44. The number of benzene rings is 1. The Kier molecular flexibility index (Phi) is 5.83. The quantitative estimate of drug-likeness (QED) is 0.757. The molecule has 2 unspecified atom stereocenters. The predicted molar refractivity (Wildman–Crippen MR) is 93.3 cm³/mol. The molecule has 3 rings (SSSR count). The van der Waals surface area contributed by atoms with Crippen LogP contribution in [-0.2, 0) is 0 Å². The zero-order valence-corrected chi connectivity index (χ0v) is 14.5. The van der Waals surface area contributed by atoms with Gasteiger partial charge in [0, 0.05) is 15.9 Å². The number of halogens is 2. The number of nitrogens with one attached hydrogen (secondary N) is 2. The molecule has 5 nitrogen and oxygen atoms in total. The summed E-state index contributed by atoms with van der Waals surface area (Å²) in [6.45, 7) is 0.623. The Bertz CT molecular complexity index is 660. The second-order valence-corrected chi connectivity index (χ2v) is 6.54. The topological polar surface area (TPSA) is 83.8 Å². The molecule has 1 aliphatic rings. The summed E-state index contributed by atoms with van der Waals surface area (Å²) < 4.78 is 0.933. The smallest absolute Gasteiger partial charge is 0.272 e. The molecule has 4 N–H and O–H groups in total. The van der Waals surface area contributed by atoms with Gasteiger partial charge in [0.25, 0.3) is 5.91 Å². The minimum atomic E-state index is -0.121. The largest absolute Gasteiger partial charge is 0.348 e. The van der Waals surface area contributed by atoms with Crippen molar-refractivity contribution in [3.05, 3.63) is 28.4 Å². The number of hydrogen-bond donors (Lipinski definition) is 3. The van der Waals surface area contributed by atoms with E-state index in [0.29, 0.717) is 18.2 Å². The van der Waals surface area contributed by atoms with Crippen LogP contribution in [0.4, 0.5) is 0 Å². The molecule has 22 heavy (non-hydrogen) atoms. The number of rotatable bonds is 3. The summed E-state index contributed by atoms with van der Waals surface area (Å²) in [5, 5.41) is 11.0. The van der Waals surface area contributed by atoms with E-state index in [1.807, 2.05) is 18.2 Å². The normalized spacial score (nSPS) is 21.4. The number of nitrogens with zero attached hydrogens (tertiary/aromatic N) is 1. The molecule has 1 aromatic heterocycles. The molecule has 0 saturated heterocycles. The molecule has 0 radical (unpaired) electrons. The average molecular weight is 388 g/mol. The number of hydrogen-bond acceptors (Lipinski definition) is 3. The van der Waals surface area contributed by atoms with E-state index in [2.05, 4.69) is 31.4 Å². The SMILES string of the molecule is Cl.NCC1CCCCC1NC(=O)c1n[nH]c2ccc(Br)cc12. The molecule has 2 atom stereocenters. The third-order valence-electron chi connectivity index (χ3n) is 4.27. The molecule has 1 saturated carbocycles. The van der Waals surface area contributed by atoms with Crippen molar-refractivity contribution in [1.29, 1.82) is 0 Å². The zero-order chi connectivity index (χ0) is 14.8. The summed E-state index contributed by atoms with van der Waals surface area (Å²) in [6.07, 6.45) is 4.44. The highest BCUT2D eigenvalue weighted by Crippen LogP contribution is 2.25. The summed E-state index contributed by atoms with van der Waals surface area (Å²) in [6, 6.07) is 5.91. The van der Waals surface area contributed by atoms with E-state index >= 15 is 0 Å². The van der Waals surface area contributed by atoms with Crippen molar-refractivity contribution in [3.8, 4) is 0 Å². The number of aromatic nitrogens is 2. The minimum Gasteiger partial charge on any atom is -0.348 e. The first kappa shape index (κ1) is 17.2. The van der Waals surface area contributed by atoms with Crippen molar-refractivity contribution < 1.29 is 4.79 Å². The highest BCUT2D eigenvalue weighted by atomic mass is 79.9. The maximum Gasteiger partial charge on any atom is 0.272 e. The van der Waals surface area contributed by atoms with Crippen LogP contribution in [0.3, 0.4) is 0 Å². The molecule has 1 amide bonds. The van der Waals surface area contributed by atoms with Crippen molar-refractivity contribution in [1.82, 2.24) is 15.5 Å². The van der Waals surface area contributed by atoms with Crippen molar-refractivity contribution in [2.45, 2.75) is 31.7 Å². The van der Waals surface area contributed by atoms with E-state index in [-0.39, 0.29) is 24.4 Å². The number of aromatic amines is 1. The van der Waals surface area contributed by atoms with E-state index in [4.69, 9.17) is 5.73 Å². The summed E-state index contributed by atoms with van der Waals surface area (Å²) >= 11 is 3.43. The fourth-order valence-corrected chi connectivity index (χ4v) is 3.44. The first-order valence-electron chi connectivity index (χ1n) is 7.33. The fraction of sp³-hybridized carbons (Fsp3) is 0.467. The maximum absolute atomic E-state index is 12.5. The van der Waals surface area contributed by atoms with Crippen LogP contribution in [0.2, 0.25) is 0 Å². The van der Waals surface area contributed by atoms with E-state index in [0.717, 1.165) is 34.6 Å². The van der Waals surface area contributed by atoms with Crippen molar-refractivity contribution in [3.63, 3.8) is 0 Å². The van der Waals surface area contributed by atoms with Crippen LogP contribution in [-0.4, -0.2) is 28.7 Å². The van der Waals surface area contributed by atoms with Crippen LogP contribution in [0.5, 0.6) is 0 Å². The summed E-state index contributed by atoms with van der Waals surface area (Å²) in [5.41, 5.74) is 7.13. The molecule has 2 aromatic rings. The Hall–Kier alpha value is -1.11. The molecule has 1 fully saturated rings. The third-order valence-corrected chi connectivity index (χ3v) is 4.76. The highest BCUT2D eigenvalue weighted by molar-refractivity contribution is 9.10. The first-order chi connectivity index (χ1) is 10.2. The molecular formula is C15H20BrClN4O. The van der Waals surface area contributed by atoms with E-state index in [1.165, 1.54) is 6.42 Å². The first-order valence-corrected chi connectivity index (χ1v) is 8.13. The van der Waals surface area contributed by atoms with Gasteiger partial charge in [-0.05, 0) is 43.5 Å². The lowest BCUT2D eigenvalue weighted by atomic mass is 9.84. The van der Waals surface area contributed by atoms with Crippen LogP contribution in [0.1, 0.15) is 36.2 Å². The van der Waals surface area contributed by atoms with Gasteiger partial charge in [-0.15, -0.1) is 12.4 Å². The van der Waals surface area contributed by atoms with Crippen LogP contribution in [0, 0.1) is 5.92 Å². The van der Waals surface area contributed by atoms with Gasteiger partial charge in [0.15, 0.2) is 5.69 Å². The average Bonchev–Trinajstić information content (AvgIpc) is 2.90. The van der Waals surface area contributed by atoms with Gasteiger partial charge >= 0.3 is 0 Å². The third kappa shape index (κ3) is 3.45. The van der Waals surface area contributed by atoms with Gasteiger partial charge in [0.1, 0.15) is 0 Å². The van der Waals surface area contributed by atoms with Crippen molar-refractivity contribution in [2.75, 3.05) is 6.54 Å². The maximum atomic E-state index is 12.5. The fourth-order valence-electron chi connectivity index (χ4n) is 3.08. The molecular weight excluding hydrogens is 368 g/mol. The molecule has 1 heterocycles. The summed E-state index contributed by atoms with van der Waals surface area (Å²) in [4.78, 5) is 12.5. The molecule has 0 spiro atoms. The molecule has 0 bridgehead atoms. The summed E-state index contributed by atoms with van der Waals surface area (Å²) in [7, 11) is 0. The Labute approximate surface area is 143 Å². The van der Waals surface area contributed by atoms with Crippen LogP contribution in [0.25, 0.3) is 10.9 Å². The van der Waals surface area contributed by atoms with Gasteiger partial charge in [-0.25, -0.2) is 0 Å². The Morgan fingerprint density at radius 1 is 1.41 bits per heavy atom. The number of H-pyrrole nitrogens is 1. The lowest BCUT2D eigenvalue weighted by molar-refractivity contribution is 0.0904. The van der Waals surface area contributed by atoms with Crippen LogP contribution >= 0.6 is 28.3 Å². The van der Waals surface area contributed by atoms with Crippen molar-refractivity contribution >= 4 is 45.1 Å². The summed E-state index contributed by atoms with van der Waals surface area (Å²) in [5.74, 6) is 0.254. The Balaban J connectivity index is 0.00000176. The highest BCUT2D eigenvalue weighted by Gasteiger charge is 2.26.